The molecule has 8 nitrogen and oxygen atoms in total. The Morgan fingerprint density at radius 3 is 2.62 bits per heavy atom. The van der Waals surface area contributed by atoms with Crippen LogP contribution in [0.3, 0.4) is 0 Å². The zero-order valence-electron chi connectivity index (χ0n) is 13.9. The van der Waals surface area contributed by atoms with Crippen molar-refractivity contribution in [1.29, 1.82) is 0 Å². The number of rotatable bonds is 3. The summed E-state index contributed by atoms with van der Waals surface area (Å²) in [5.41, 5.74) is 1.74. The van der Waals surface area contributed by atoms with E-state index in [1.54, 1.807) is 12.1 Å². The monoisotopic (exact) mass is 364 g/mol. The molecule has 0 amide bonds. The van der Waals surface area contributed by atoms with Crippen molar-refractivity contribution in [2.24, 2.45) is 0 Å². The van der Waals surface area contributed by atoms with Crippen LogP contribution in [0.1, 0.15) is 17.5 Å². The molecule has 0 unspecified atom stereocenters. The fourth-order valence-electron chi connectivity index (χ4n) is 3.64. The van der Waals surface area contributed by atoms with Crippen LogP contribution in [0.15, 0.2) is 27.4 Å². The summed E-state index contributed by atoms with van der Waals surface area (Å²) in [7, 11) is 0. The minimum absolute atomic E-state index is 0.267. The molecule has 2 aliphatic rings. The normalized spacial score (nSPS) is 31.2. The van der Waals surface area contributed by atoms with E-state index < -0.39 is 37.3 Å². The molecule has 0 spiro atoms. The first-order valence-electron chi connectivity index (χ1n) is 8.55. The molecule has 2 heterocycles. The van der Waals surface area contributed by atoms with Crippen LogP contribution in [0, 0.1) is 0 Å². The summed E-state index contributed by atoms with van der Waals surface area (Å²) in [6.07, 6.45) is -4.36. The van der Waals surface area contributed by atoms with Crippen molar-refractivity contribution in [1.82, 2.24) is 0 Å². The Morgan fingerprint density at radius 2 is 1.85 bits per heavy atom. The Bertz CT molecular complexity index is 873. The molecule has 4 rings (SSSR count). The van der Waals surface area contributed by atoms with Gasteiger partial charge in [-0.15, -0.1) is 0 Å². The van der Waals surface area contributed by atoms with Gasteiger partial charge in [0.15, 0.2) is 0 Å². The second kappa shape index (κ2) is 6.64. The lowest BCUT2D eigenvalue weighted by molar-refractivity contribution is -0.277. The quantitative estimate of drug-likeness (QED) is 0.535. The van der Waals surface area contributed by atoms with Gasteiger partial charge in [0.1, 0.15) is 35.7 Å². The Morgan fingerprint density at radius 1 is 1.08 bits per heavy atom. The first-order chi connectivity index (χ1) is 12.5. The highest BCUT2D eigenvalue weighted by atomic mass is 16.7. The van der Waals surface area contributed by atoms with Gasteiger partial charge < -0.3 is 34.3 Å². The Kier molecular flexibility index (Phi) is 4.45. The third-order valence-corrected chi connectivity index (χ3v) is 5.05. The largest absolute Gasteiger partial charge is 0.462 e. The third kappa shape index (κ3) is 2.80. The number of aliphatic hydroxyl groups excluding tert-OH is 4. The van der Waals surface area contributed by atoms with Crippen LogP contribution in [0.4, 0.5) is 0 Å². The van der Waals surface area contributed by atoms with Gasteiger partial charge in [0.2, 0.25) is 6.29 Å². The molecule has 1 saturated heterocycles. The molecule has 1 aromatic carbocycles. The number of benzene rings is 1. The van der Waals surface area contributed by atoms with Gasteiger partial charge in [0.25, 0.3) is 0 Å². The number of ether oxygens (including phenoxy) is 2. The molecule has 1 aromatic heterocycles. The maximum absolute atomic E-state index is 12.1. The summed E-state index contributed by atoms with van der Waals surface area (Å²) in [4.78, 5) is 12.1. The first kappa shape index (κ1) is 17.4. The predicted molar refractivity (Wildman–Crippen MR) is 88.9 cm³/mol. The van der Waals surface area contributed by atoms with Crippen molar-refractivity contribution in [3.05, 3.63) is 39.7 Å². The van der Waals surface area contributed by atoms with E-state index >= 15 is 0 Å². The number of hydrogen-bond donors (Lipinski definition) is 4. The first-order valence-corrected chi connectivity index (χ1v) is 8.55. The zero-order valence-corrected chi connectivity index (χ0v) is 13.9. The fraction of sp³-hybridized carbons (Fsp3) is 0.500. The summed E-state index contributed by atoms with van der Waals surface area (Å²) in [5, 5.41) is 39.8. The molecule has 4 N–H and O–H groups in total. The Hall–Kier alpha value is -1.97. The van der Waals surface area contributed by atoms with Crippen molar-refractivity contribution in [3.8, 4) is 5.75 Å². The number of fused-ring (bicyclic) bond motifs is 3. The highest BCUT2D eigenvalue weighted by Gasteiger charge is 2.44. The number of aryl methyl sites for hydroxylation is 1. The summed E-state index contributed by atoms with van der Waals surface area (Å²) in [6.45, 7) is -0.538. The van der Waals surface area contributed by atoms with E-state index in [9.17, 15) is 25.2 Å². The molecule has 0 bridgehead atoms. The molecule has 26 heavy (non-hydrogen) atoms. The molecule has 0 radical (unpaired) electrons. The standard InChI is InChI=1S/C18H20O8/c19-7-13-14(20)15(21)16(22)18(26-13)24-8-4-5-10-9-2-1-3-11(9)17(23)25-12(10)6-8/h4-6,13-16,18-22H,1-3,7H2/t13-,14+,15+,16-,18-/m0/s1. The lowest BCUT2D eigenvalue weighted by Gasteiger charge is -2.39. The van der Waals surface area contributed by atoms with E-state index in [0.717, 1.165) is 35.8 Å². The molecular weight excluding hydrogens is 344 g/mol. The summed E-state index contributed by atoms with van der Waals surface area (Å²) in [5.74, 6) is 0.267. The fourth-order valence-corrected chi connectivity index (χ4v) is 3.64. The highest BCUT2D eigenvalue weighted by Crippen LogP contribution is 2.31. The molecule has 140 valence electrons. The van der Waals surface area contributed by atoms with Crippen LogP contribution in [-0.2, 0) is 17.6 Å². The van der Waals surface area contributed by atoms with Crippen molar-refractivity contribution in [2.45, 2.75) is 50.0 Å². The summed E-state index contributed by atoms with van der Waals surface area (Å²) < 4.78 is 16.3. The van der Waals surface area contributed by atoms with Crippen molar-refractivity contribution in [2.75, 3.05) is 6.61 Å². The lowest BCUT2D eigenvalue weighted by atomic mass is 9.99. The minimum atomic E-state index is -1.52. The van der Waals surface area contributed by atoms with E-state index in [2.05, 4.69) is 0 Å². The molecule has 1 fully saturated rings. The topological polar surface area (TPSA) is 130 Å². The highest BCUT2D eigenvalue weighted by molar-refractivity contribution is 5.83. The van der Waals surface area contributed by atoms with Crippen LogP contribution >= 0.6 is 0 Å². The Balaban J connectivity index is 1.63. The Labute approximate surface area is 148 Å². The third-order valence-electron chi connectivity index (χ3n) is 5.05. The van der Waals surface area contributed by atoms with E-state index in [4.69, 9.17) is 13.9 Å². The SMILES string of the molecule is O=c1oc2cc(O[C@H]3O[C@@H](CO)[C@@H](O)[C@@H](O)[C@@H]3O)ccc2c2c1CCC2. The van der Waals surface area contributed by atoms with Crippen LogP contribution in [0.2, 0.25) is 0 Å². The minimum Gasteiger partial charge on any atom is -0.462 e. The molecule has 0 saturated carbocycles. The van der Waals surface area contributed by atoms with Crippen LogP contribution in [-0.4, -0.2) is 57.7 Å². The summed E-state index contributed by atoms with van der Waals surface area (Å²) in [6, 6.07) is 4.96. The smallest absolute Gasteiger partial charge is 0.339 e. The van der Waals surface area contributed by atoms with Crippen LogP contribution in [0.5, 0.6) is 5.75 Å². The van der Waals surface area contributed by atoms with Crippen LogP contribution < -0.4 is 10.4 Å². The van der Waals surface area contributed by atoms with Gasteiger partial charge in [-0.05, 0) is 37.0 Å². The van der Waals surface area contributed by atoms with Gasteiger partial charge in [-0.3, -0.25) is 0 Å². The maximum Gasteiger partial charge on any atom is 0.339 e. The molecule has 1 aliphatic heterocycles. The van der Waals surface area contributed by atoms with Gasteiger partial charge in [0.05, 0.1) is 6.61 Å². The van der Waals surface area contributed by atoms with Crippen molar-refractivity contribution in [3.63, 3.8) is 0 Å². The average Bonchev–Trinajstić information content (AvgIpc) is 3.13. The molecular formula is C18H20O8. The molecule has 2 aromatic rings. The van der Waals surface area contributed by atoms with E-state index in [1.807, 2.05) is 0 Å². The molecule has 1 aliphatic carbocycles. The molecule has 5 atom stereocenters. The van der Waals surface area contributed by atoms with E-state index in [-0.39, 0.29) is 11.4 Å². The lowest BCUT2D eigenvalue weighted by Crippen LogP contribution is -2.60. The maximum atomic E-state index is 12.1. The van der Waals surface area contributed by atoms with E-state index in [1.165, 1.54) is 6.07 Å². The van der Waals surface area contributed by atoms with Crippen molar-refractivity contribution < 1.29 is 34.3 Å². The zero-order chi connectivity index (χ0) is 18.4. The van der Waals surface area contributed by atoms with Crippen molar-refractivity contribution >= 4 is 11.0 Å². The number of hydrogen-bond acceptors (Lipinski definition) is 8. The van der Waals surface area contributed by atoms with Gasteiger partial charge in [-0.2, -0.15) is 0 Å². The van der Waals surface area contributed by atoms with Gasteiger partial charge in [0, 0.05) is 17.0 Å². The number of aliphatic hydroxyl groups is 4. The summed E-state index contributed by atoms with van der Waals surface area (Å²) >= 11 is 0. The van der Waals surface area contributed by atoms with Crippen LogP contribution in [0.25, 0.3) is 11.0 Å². The van der Waals surface area contributed by atoms with Gasteiger partial charge in [-0.1, -0.05) is 0 Å². The second-order valence-corrected chi connectivity index (χ2v) is 6.67. The predicted octanol–water partition coefficient (Wildman–Crippen LogP) is -0.540. The second-order valence-electron chi connectivity index (χ2n) is 6.67. The van der Waals surface area contributed by atoms with Gasteiger partial charge >= 0.3 is 5.63 Å². The average molecular weight is 364 g/mol. The van der Waals surface area contributed by atoms with E-state index in [0.29, 0.717) is 5.58 Å². The molecule has 8 heteroatoms. The van der Waals surface area contributed by atoms with Gasteiger partial charge in [-0.25, -0.2) is 4.79 Å².